The van der Waals surface area contributed by atoms with Crippen LogP contribution in [0.15, 0.2) is 36.5 Å². The molecular weight excluding hydrogens is 216 g/mol. The Balaban J connectivity index is 2.38. The summed E-state index contributed by atoms with van der Waals surface area (Å²) in [6, 6.07) is 9.17. The molecule has 0 fully saturated rings. The number of aliphatic hydroxyl groups excluding tert-OH is 1. The lowest BCUT2D eigenvalue weighted by atomic mass is 10.1. The first-order chi connectivity index (χ1) is 8.22. The number of carbonyl (C=O) groups excluding carboxylic acids is 1. The van der Waals surface area contributed by atoms with Crippen molar-refractivity contribution in [2.24, 2.45) is 0 Å². The number of hydrogen-bond donors (Lipinski definition) is 2. The molecule has 0 aliphatic rings. The molecule has 0 saturated heterocycles. The maximum atomic E-state index is 11.9. The molecule has 2 aromatic rings. The van der Waals surface area contributed by atoms with Gasteiger partial charge in [0.1, 0.15) is 5.69 Å². The third-order valence-corrected chi connectivity index (χ3v) is 2.54. The van der Waals surface area contributed by atoms with E-state index < -0.39 is 0 Å². The van der Waals surface area contributed by atoms with Gasteiger partial charge < -0.3 is 10.4 Å². The van der Waals surface area contributed by atoms with E-state index in [-0.39, 0.29) is 18.6 Å². The molecule has 17 heavy (non-hydrogen) atoms. The second kappa shape index (κ2) is 4.93. The van der Waals surface area contributed by atoms with E-state index in [0.717, 1.165) is 10.8 Å². The Labute approximate surface area is 99.3 Å². The van der Waals surface area contributed by atoms with Gasteiger partial charge in [0.2, 0.25) is 0 Å². The first-order valence-corrected chi connectivity index (χ1v) is 5.48. The summed E-state index contributed by atoms with van der Waals surface area (Å²) in [6.07, 6.45) is 1.61. The van der Waals surface area contributed by atoms with Crippen LogP contribution in [0.1, 0.15) is 17.4 Å². The van der Waals surface area contributed by atoms with E-state index in [9.17, 15) is 4.79 Å². The van der Waals surface area contributed by atoms with Crippen LogP contribution >= 0.6 is 0 Å². The standard InChI is InChI=1S/C13H14N2O2/c1-9(8-16)15-13(17)12-11-5-3-2-4-10(11)6-7-14-12/h2-7,9,16H,8H2,1H3,(H,15,17)/t9-/m1/s1. The van der Waals surface area contributed by atoms with Crippen molar-refractivity contribution in [3.8, 4) is 0 Å². The minimum Gasteiger partial charge on any atom is -0.394 e. The lowest BCUT2D eigenvalue weighted by Gasteiger charge is -2.11. The topological polar surface area (TPSA) is 62.2 Å². The maximum Gasteiger partial charge on any atom is 0.270 e. The summed E-state index contributed by atoms with van der Waals surface area (Å²) in [4.78, 5) is 16.0. The van der Waals surface area contributed by atoms with Gasteiger partial charge in [-0.2, -0.15) is 0 Å². The molecule has 1 aromatic heterocycles. The molecule has 88 valence electrons. The van der Waals surface area contributed by atoms with E-state index in [0.29, 0.717) is 5.69 Å². The number of amides is 1. The second-order valence-electron chi connectivity index (χ2n) is 3.94. The molecule has 0 spiro atoms. The van der Waals surface area contributed by atoms with Crippen molar-refractivity contribution in [3.63, 3.8) is 0 Å². The molecule has 1 atom stereocenters. The molecule has 0 radical (unpaired) electrons. The number of nitrogens with zero attached hydrogens (tertiary/aromatic N) is 1. The summed E-state index contributed by atoms with van der Waals surface area (Å²) in [5, 5.41) is 13.4. The molecular formula is C13H14N2O2. The number of hydrogen-bond acceptors (Lipinski definition) is 3. The Kier molecular flexibility index (Phi) is 3.35. The Morgan fingerprint density at radius 3 is 2.94 bits per heavy atom. The molecule has 0 saturated carbocycles. The van der Waals surface area contributed by atoms with Crippen molar-refractivity contribution in [1.29, 1.82) is 0 Å². The molecule has 4 nitrogen and oxygen atoms in total. The van der Waals surface area contributed by atoms with Crippen LogP contribution in [0.25, 0.3) is 10.8 Å². The summed E-state index contributed by atoms with van der Waals surface area (Å²) >= 11 is 0. The zero-order valence-corrected chi connectivity index (χ0v) is 9.55. The van der Waals surface area contributed by atoms with Gasteiger partial charge in [-0.05, 0) is 18.4 Å². The number of fused-ring (bicyclic) bond motifs is 1. The van der Waals surface area contributed by atoms with Gasteiger partial charge in [0.15, 0.2) is 0 Å². The number of nitrogens with one attached hydrogen (secondary N) is 1. The first-order valence-electron chi connectivity index (χ1n) is 5.48. The smallest absolute Gasteiger partial charge is 0.270 e. The summed E-state index contributed by atoms with van der Waals surface area (Å²) in [7, 11) is 0. The maximum absolute atomic E-state index is 11.9. The van der Waals surface area contributed by atoms with Gasteiger partial charge in [0, 0.05) is 17.6 Å². The van der Waals surface area contributed by atoms with Crippen molar-refractivity contribution >= 4 is 16.7 Å². The zero-order valence-electron chi connectivity index (χ0n) is 9.55. The van der Waals surface area contributed by atoms with Gasteiger partial charge in [-0.1, -0.05) is 24.3 Å². The first kappa shape index (κ1) is 11.5. The highest BCUT2D eigenvalue weighted by Gasteiger charge is 2.13. The van der Waals surface area contributed by atoms with Gasteiger partial charge in [-0.25, -0.2) is 0 Å². The molecule has 0 aliphatic carbocycles. The van der Waals surface area contributed by atoms with Gasteiger partial charge in [0.05, 0.1) is 6.61 Å². The molecule has 0 bridgehead atoms. The van der Waals surface area contributed by atoms with Crippen LogP contribution in [0, 0.1) is 0 Å². The van der Waals surface area contributed by atoms with Crippen LogP contribution in [-0.2, 0) is 0 Å². The molecule has 1 aromatic carbocycles. The zero-order chi connectivity index (χ0) is 12.3. The number of aliphatic hydroxyl groups is 1. The molecule has 4 heteroatoms. The predicted molar refractivity (Wildman–Crippen MR) is 65.8 cm³/mol. The van der Waals surface area contributed by atoms with Gasteiger partial charge in [0.25, 0.3) is 5.91 Å². The Morgan fingerprint density at radius 2 is 2.18 bits per heavy atom. The van der Waals surface area contributed by atoms with Gasteiger partial charge >= 0.3 is 0 Å². The fourth-order valence-electron chi connectivity index (χ4n) is 1.64. The van der Waals surface area contributed by atoms with Crippen LogP contribution in [0.5, 0.6) is 0 Å². The van der Waals surface area contributed by atoms with Crippen LogP contribution in [0.2, 0.25) is 0 Å². The normalized spacial score (nSPS) is 12.4. The van der Waals surface area contributed by atoms with Crippen molar-refractivity contribution in [3.05, 3.63) is 42.2 Å². The minimum atomic E-state index is -0.275. The third-order valence-electron chi connectivity index (χ3n) is 2.54. The Morgan fingerprint density at radius 1 is 1.41 bits per heavy atom. The van der Waals surface area contributed by atoms with Gasteiger partial charge in [-0.15, -0.1) is 0 Å². The summed E-state index contributed by atoms with van der Waals surface area (Å²) < 4.78 is 0. The number of carbonyl (C=O) groups is 1. The average Bonchev–Trinajstić information content (AvgIpc) is 2.37. The Hall–Kier alpha value is -1.94. The van der Waals surface area contributed by atoms with Gasteiger partial charge in [-0.3, -0.25) is 9.78 Å². The van der Waals surface area contributed by atoms with E-state index in [1.54, 1.807) is 13.1 Å². The highest BCUT2D eigenvalue weighted by Crippen LogP contribution is 2.16. The SMILES string of the molecule is C[C@H](CO)NC(=O)c1nccc2ccccc12. The van der Waals surface area contributed by atoms with Crippen LogP contribution in [-0.4, -0.2) is 28.6 Å². The number of pyridine rings is 1. The third kappa shape index (κ3) is 2.42. The fourth-order valence-corrected chi connectivity index (χ4v) is 1.64. The number of rotatable bonds is 3. The van der Waals surface area contributed by atoms with E-state index in [1.165, 1.54) is 0 Å². The van der Waals surface area contributed by atoms with Crippen molar-refractivity contribution in [1.82, 2.24) is 10.3 Å². The van der Waals surface area contributed by atoms with E-state index in [4.69, 9.17) is 5.11 Å². The summed E-state index contributed by atoms with van der Waals surface area (Å²) in [5.74, 6) is -0.261. The largest absolute Gasteiger partial charge is 0.394 e. The van der Waals surface area contributed by atoms with Crippen LogP contribution in [0.3, 0.4) is 0 Å². The molecule has 1 amide bonds. The predicted octanol–water partition coefficient (Wildman–Crippen LogP) is 1.35. The lowest BCUT2D eigenvalue weighted by Crippen LogP contribution is -2.35. The van der Waals surface area contributed by atoms with E-state index >= 15 is 0 Å². The van der Waals surface area contributed by atoms with Crippen LogP contribution < -0.4 is 5.32 Å². The number of benzene rings is 1. The lowest BCUT2D eigenvalue weighted by molar-refractivity contribution is 0.0919. The second-order valence-corrected chi connectivity index (χ2v) is 3.94. The van der Waals surface area contributed by atoms with Crippen molar-refractivity contribution in [2.45, 2.75) is 13.0 Å². The molecule has 2 rings (SSSR count). The average molecular weight is 230 g/mol. The fraction of sp³-hybridized carbons (Fsp3) is 0.231. The monoisotopic (exact) mass is 230 g/mol. The number of aromatic nitrogens is 1. The molecule has 2 N–H and O–H groups in total. The molecule has 0 unspecified atom stereocenters. The van der Waals surface area contributed by atoms with Crippen molar-refractivity contribution in [2.75, 3.05) is 6.61 Å². The van der Waals surface area contributed by atoms with Crippen molar-refractivity contribution < 1.29 is 9.90 Å². The minimum absolute atomic E-state index is 0.0868. The van der Waals surface area contributed by atoms with E-state index in [1.807, 2.05) is 30.3 Å². The van der Waals surface area contributed by atoms with E-state index in [2.05, 4.69) is 10.3 Å². The quantitative estimate of drug-likeness (QED) is 0.836. The Bertz CT molecular complexity index is 534. The van der Waals surface area contributed by atoms with Crippen LogP contribution in [0.4, 0.5) is 0 Å². The molecule has 1 heterocycles. The highest BCUT2D eigenvalue weighted by atomic mass is 16.3. The highest BCUT2D eigenvalue weighted by molar-refractivity contribution is 6.05. The molecule has 0 aliphatic heterocycles. The summed E-state index contributed by atoms with van der Waals surface area (Å²) in [6.45, 7) is 1.65. The summed E-state index contributed by atoms with van der Waals surface area (Å²) in [5.41, 5.74) is 0.392.